The lowest BCUT2D eigenvalue weighted by atomic mass is 9.87. The van der Waals surface area contributed by atoms with Gasteiger partial charge in [-0.3, -0.25) is 10.1 Å². The number of nitro groups is 1. The third-order valence-electron chi connectivity index (χ3n) is 5.41. The first kappa shape index (κ1) is 23.7. The molecule has 0 aromatic heterocycles. The SMILES string of the molecule is O=[N+]([O-])c1ccc(OC2OC(CO)[C@@H](O)[C@H](O)[C@@H]2OC2CC(O)[C@@H](O)[C@H](O)[C@@H]2O)cc1. The van der Waals surface area contributed by atoms with Crippen LogP contribution in [0.1, 0.15) is 6.42 Å². The van der Waals surface area contributed by atoms with E-state index in [-0.39, 0.29) is 17.9 Å². The maximum atomic E-state index is 10.8. The summed E-state index contributed by atoms with van der Waals surface area (Å²) < 4.78 is 16.7. The summed E-state index contributed by atoms with van der Waals surface area (Å²) in [7, 11) is 0. The highest BCUT2D eigenvalue weighted by Crippen LogP contribution is 2.31. The third kappa shape index (κ3) is 4.95. The minimum atomic E-state index is -1.72. The van der Waals surface area contributed by atoms with Gasteiger partial charge in [-0.2, -0.15) is 0 Å². The summed E-state index contributed by atoms with van der Waals surface area (Å²) >= 11 is 0. The van der Waals surface area contributed by atoms with Crippen LogP contribution >= 0.6 is 0 Å². The van der Waals surface area contributed by atoms with Crippen molar-refractivity contribution < 1.29 is 54.9 Å². The Hall–Kier alpha value is -1.94. The van der Waals surface area contributed by atoms with Crippen molar-refractivity contribution in [2.24, 2.45) is 0 Å². The zero-order valence-electron chi connectivity index (χ0n) is 16.1. The molecule has 174 valence electrons. The van der Waals surface area contributed by atoms with Gasteiger partial charge in [0.2, 0.25) is 6.29 Å². The molecular formula is C18H25NO12. The van der Waals surface area contributed by atoms with E-state index in [4.69, 9.17) is 14.2 Å². The molecule has 1 saturated carbocycles. The van der Waals surface area contributed by atoms with Crippen molar-refractivity contribution in [2.45, 2.75) is 67.6 Å². The van der Waals surface area contributed by atoms with Crippen LogP contribution in [0.3, 0.4) is 0 Å². The molecule has 1 saturated heterocycles. The minimum absolute atomic E-state index is 0.0872. The van der Waals surface area contributed by atoms with Gasteiger partial charge in [0.25, 0.3) is 5.69 Å². The van der Waals surface area contributed by atoms with Crippen molar-refractivity contribution >= 4 is 5.69 Å². The highest BCUT2D eigenvalue weighted by molar-refractivity contribution is 5.36. The molecule has 7 N–H and O–H groups in total. The second-order valence-corrected chi connectivity index (χ2v) is 7.49. The Morgan fingerprint density at radius 3 is 2.19 bits per heavy atom. The van der Waals surface area contributed by atoms with E-state index in [0.29, 0.717) is 0 Å². The van der Waals surface area contributed by atoms with Gasteiger partial charge in [-0.15, -0.1) is 0 Å². The van der Waals surface area contributed by atoms with Crippen molar-refractivity contribution in [2.75, 3.05) is 6.61 Å². The first-order valence-electron chi connectivity index (χ1n) is 9.55. The Labute approximate surface area is 175 Å². The number of ether oxygens (including phenoxy) is 3. The summed E-state index contributed by atoms with van der Waals surface area (Å²) in [5.41, 5.74) is -0.194. The van der Waals surface area contributed by atoms with Crippen LogP contribution in [0.25, 0.3) is 0 Å². The summed E-state index contributed by atoms with van der Waals surface area (Å²) in [5.74, 6) is 0.0872. The number of non-ortho nitro benzene ring substituents is 1. The largest absolute Gasteiger partial charge is 0.462 e. The van der Waals surface area contributed by atoms with Crippen molar-refractivity contribution in [3.8, 4) is 5.75 Å². The van der Waals surface area contributed by atoms with Crippen LogP contribution in [-0.4, -0.2) is 109 Å². The monoisotopic (exact) mass is 447 g/mol. The first-order valence-corrected chi connectivity index (χ1v) is 9.55. The predicted molar refractivity (Wildman–Crippen MR) is 98.8 cm³/mol. The van der Waals surface area contributed by atoms with E-state index in [1.807, 2.05) is 0 Å². The first-order chi connectivity index (χ1) is 14.6. The second-order valence-electron chi connectivity index (χ2n) is 7.49. The molecule has 31 heavy (non-hydrogen) atoms. The van der Waals surface area contributed by atoms with Gasteiger partial charge in [0.1, 0.15) is 48.5 Å². The van der Waals surface area contributed by atoms with Gasteiger partial charge in [-0.05, 0) is 12.1 Å². The fourth-order valence-corrected chi connectivity index (χ4v) is 3.58. The third-order valence-corrected chi connectivity index (χ3v) is 5.41. The topological polar surface area (TPSA) is 212 Å². The maximum absolute atomic E-state index is 10.8. The Morgan fingerprint density at radius 2 is 1.61 bits per heavy atom. The molecule has 13 nitrogen and oxygen atoms in total. The summed E-state index contributed by atoms with van der Waals surface area (Å²) in [6.45, 7) is -0.666. The van der Waals surface area contributed by atoms with Crippen molar-refractivity contribution in [3.05, 3.63) is 34.4 Å². The van der Waals surface area contributed by atoms with Gasteiger partial charge in [0.05, 0.1) is 23.7 Å². The smallest absolute Gasteiger partial charge is 0.269 e. The van der Waals surface area contributed by atoms with Gasteiger partial charge < -0.3 is 50.0 Å². The minimum Gasteiger partial charge on any atom is -0.462 e. The predicted octanol–water partition coefficient (Wildman–Crippen LogP) is -2.99. The van der Waals surface area contributed by atoms with Gasteiger partial charge in [-0.25, -0.2) is 0 Å². The van der Waals surface area contributed by atoms with E-state index in [1.54, 1.807) is 0 Å². The Balaban J connectivity index is 1.81. The molecular weight excluding hydrogens is 422 g/mol. The van der Waals surface area contributed by atoms with Crippen LogP contribution in [-0.2, 0) is 9.47 Å². The van der Waals surface area contributed by atoms with Crippen LogP contribution in [0.4, 0.5) is 5.69 Å². The average molecular weight is 447 g/mol. The fourth-order valence-electron chi connectivity index (χ4n) is 3.58. The standard InChI is InChI=1S/C18H25NO12/c20-6-11-14(24)16(26)17(30-10-5-9(21)12(22)15(25)13(10)23)18(31-11)29-8-3-1-7(2-4-8)19(27)28/h1-4,9-18,20-26H,5-6H2/t9?,10?,11?,12-,13-,14-,15+,16+,17+,18?/m1/s1. The highest BCUT2D eigenvalue weighted by atomic mass is 16.7. The highest BCUT2D eigenvalue weighted by Gasteiger charge is 2.50. The molecule has 0 amide bonds. The van der Waals surface area contributed by atoms with E-state index >= 15 is 0 Å². The van der Waals surface area contributed by atoms with Crippen molar-refractivity contribution in [1.82, 2.24) is 0 Å². The maximum Gasteiger partial charge on any atom is 0.269 e. The number of nitro benzene ring substituents is 1. The van der Waals surface area contributed by atoms with Crippen LogP contribution in [0.15, 0.2) is 24.3 Å². The van der Waals surface area contributed by atoms with Crippen molar-refractivity contribution in [1.29, 1.82) is 0 Å². The molecule has 1 aromatic rings. The number of hydrogen-bond donors (Lipinski definition) is 7. The molecule has 1 aliphatic heterocycles. The normalized spacial score (nSPS) is 41.0. The molecule has 13 heteroatoms. The molecule has 4 unspecified atom stereocenters. The zero-order chi connectivity index (χ0) is 22.9. The summed E-state index contributed by atoms with van der Waals surface area (Å²) in [4.78, 5) is 10.2. The second kappa shape index (κ2) is 9.68. The molecule has 2 fully saturated rings. The van der Waals surface area contributed by atoms with E-state index < -0.39 is 72.8 Å². The molecule has 3 rings (SSSR count). The van der Waals surface area contributed by atoms with E-state index in [0.717, 1.165) is 0 Å². The lowest BCUT2D eigenvalue weighted by Gasteiger charge is -2.45. The number of nitrogens with zero attached hydrogens (tertiary/aromatic N) is 1. The summed E-state index contributed by atoms with van der Waals surface area (Å²) in [5, 5.41) is 80.5. The number of aliphatic hydroxyl groups is 7. The molecule has 0 bridgehead atoms. The number of hydrogen-bond acceptors (Lipinski definition) is 12. The van der Waals surface area contributed by atoms with Gasteiger partial charge in [-0.1, -0.05) is 0 Å². The van der Waals surface area contributed by atoms with Gasteiger partial charge in [0.15, 0.2) is 0 Å². The number of rotatable bonds is 6. The number of benzene rings is 1. The molecule has 10 atom stereocenters. The van der Waals surface area contributed by atoms with Crippen LogP contribution in [0.2, 0.25) is 0 Å². The Morgan fingerprint density at radius 1 is 0.968 bits per heavy atom. The number of aliphatic hydroxyl groups excluding tert-OH is 7. The fraction of sp³-hybridized carbons (Fsp3) is 0.667. The average Bonchev–Trinajstić information content (AvgIpc) is 2.75. The van der Waals surface area contributed by atoms with E-state index in [1.165, 1.54) is 24.3 Å². The zero-order valence-corrected chi connectivity index (χ0v) is 16.1. The van der Waals surface area contributed by atoms with Gasteiger partial charge >= 0.3 is 0 Å². The molecule has 1 heterocycles. The quantitative estimate of drug-likeness (QED) is 0.172. The molecule has 0 spiro atoms. The summed E-state index contributed by atoms with van der Waals surface area (Å²) in [6.07, 6.45) is -15.3. The summed E-state index contributed by atoms with van der Waals surface area (Å²) in [6, 6.07) is 4.87. The van der Waals surface area contributed by atoms with Crippen LogP contribution in [0.5, 0.6) is 5.75 Å². The lowest BCUT2D eigenvalue weighted by molar-refractivity contribution is -0.384. The van der Waals surface area contributed by atoms with Crippen LogP contribution in [0, 0.1) is 10.1 Å². The van der Waals surface area contributed by atoms with E-state index in [2.05, 4.69) is 0 Å². The lowest BCUT2D eigenvalue weighted by Crippen LogP contribution is -2.64. The molecule has 1 aliphatic carbocycles. The Bertz CT molecular complexity index is 748. The molecule has 2 aliphatic rings. The van der Waals surface area contributed by atoms with E-state index in [9.17, 15) is 45.9 Å². The Kier molecular flexibility index (Phi) is 7.41. The van der Waals surface area contributed by atoms with Crippen molar-refractivity contribution in [3.63, 3.8) is 0 Å². The molecule has 0 radical (unpaired) electrons. The molecule has 1 aromatic carbocycles. The van der Waals surface area contributed by atoms with Crippen LogP contribution < -0.4 is 4.74 Å². The van der Waals surface area contributed by atoms with Gasteiger partial charge in [0, 0.05) is 18.6 Å².